The molecule has 0 unspecified atom stereocenters. The van der Waals surface area contributed by atoms with E-state index in [1.165, 1.54) is 0 Å². The number of benzene rings is 1. The molecule has 0 N–H and O–H groups in total. The third-order valence-corrected chi connectivity index (χ3v) is 2.65. The predicted octanol–water partition coefficient (Wildman–Crippen LogP) is 3.52. The lowest BCUT2D eigenvalue weighted by Gasteiger charge is -2.08. The van der Waals surface area contributed by atoms with E-state index in [2.05, 4.69) is 4.98 Å². The molecule has 1 aromatic carbocycles. The molecule has 2 rings (SSSR count). The zero-order valence-corrected chi connectivity index (χ0v) is 9.27. The summed E-state index contributed by atoms with van der Waals surface area (Å²) >= 11 is 0. The quantitative estimate of drug-likeness (QED) is 0.704. The molecule has 0 amide bonds. The van der Waals surface area contributed by atoms with E-state index in [0.717, 1.165) is 12.1 Å². The maximum atomic E-state index is 13.4. The lowest BCUT2D eigenvalue weighted by molar-refractivity contribution is -0.139. The summed E-state index contributed by atoms with van der Waals surface area (Å²) in [4.78, 5) is 4.00. The molecule has 1 aromatic heterocycles. The zero-order valence-electron chi connectivity index (χ0n) is 9.27. The van der Waals surface area contributed by atoms with Gasteiger partial charge in [0.25, 0.3) is 0 Å². The van der Waals surface area contributed by atoms with Crippen molar-refractivity contribution in [3.63, 3.8) is 0 Å². The van der Waals surface area contributed by atoms with Gasteiger partial charge in [-0.1, -0.05) is 0 Å². The van der Waals surface area contributed by atoms with Crippen molar-refractivity contribution in [3.8, 4) is 0 Å². The monoisotopic (exact) mass is 246 g/mol. The fourth-order valence-electron chi connectivity index (χ4n) is 1.88. The molecule has 0 radical (unpaired) electrons. The maximum absolute atomic E-state index is 13.4. The molecule has 2 aromatic rings. The van der Waals surface area contributed by atoms with Crippen molar-refractivity contribution < 1.29 is 17.6 Å². The van der Waals surface area contributed by atoms with Crippen LogP contribution in [-0.2, 0) is 12.7 Å². The molecule has 92 valence electrons. The summed E-state index contributed by atoms with van der Waals surface area (Å²) in [5, 5.41) is 0. The SMILES string of the molecule is CCn1c(C)nc2cc(C(F)(F)F)c(F)cc21. The number of halogens is 4. The van der Waals surface area contributed by atoms with Gasteiger partial charge >= 0.3 is 6.18 Å². The largest absolute Gasteiger partial charge is 0.419 e. The first-order valence-corrected chi connectivity index (χ1v) is 5.08. The molecule has 0 saturated heterocycles. The Hall–Kier alpha value is -1.59. The van der Waals surface area contributed by atoms with Gasteiger partial charge in [-0.2, -0.15) is 13.2 Å². The number of imidazole rings is 1. The standard InChI is InChI=1S/C11H10F4N2/c1-3-17-6(2)16-9-4-7(11(13,14)15)8(12)5-10(9)17/h4-5H,3H2,1-2H3. The minimum atomic E-state index is -4.69. The number of alkyl halides is 3. The minimum absolute atomic E-state index is 0.165. The van der Waals surface area contributed by atoms with Crippen LogP contribution < -0.4 is 0 Å². The van der Waals surface area contributed by atoms with Gasteiger partial charge in [-0.3, -0.25) is 0 Å². The van der Waals surface area contributed by atoms with Gasteiger partial charge in [0.1, 0.15) is 11.6 Å². The number of aryl methyl sites for hydroxylation is 2. The second-order valence-electron chi connectivity index (χ2n) is 3.72. The van der Waals surface area contributed by atoms with Gasteiger partial charge < -0.3 is 4.57 Å². The Morgan fingerprint density at radius 2 is 1.94 bits per heavy atom. The summed E-state index contributed by atoms with van der Waals surface area (Å²) in [5.41, 5.74) is -0.723. The minimum Gasteiger partial charge on any atom is -0.328 e. The van der Waals surface area contributed by atoms with Crippen LogP contribution in [0.5, 0.6) is 0 Å². The van der Waals surface area contributed by atoms with Crippen LogP contribution in [0.15, 0.2) is 12.1 Å². The van der Waals surface area contributed by atoms with E-state index in [1.807, 2.05) is 6.92 Å². The molecule has 6 heteroatoms. The first kappa shape index (κ1) is 11.9. The van der Waals surface area contributed by atoms with E-state index in [4.69, 9.17) is 0 Å². The average Bonchev–Trinajstić information content (AvgIpc) is 2.50. The summed E-state index contributed by atoms with van der Waals surface area (Å²) in [5.74, 6) is -0.694. The van der Waals surface area contributed by atoms with Crippen molar-refractivity contribution in [2.45, 2.75) is 26.6 Å². The van der Waals surface area contributed by atoms with Crippen LogP contribution in [0.3, 0.4) is 0 Å². The zero-order chi connectivity index (χ0) is 12.8. The molecule has 2 nitrogen and oxygen atoms in total. The summed E-state index contributed by atoms with van der Waals surface area (Å²) in [6.07, 6.45) is -4.69. The summed E-state index contributed by atoms with van der Waals surface area (Å²) in [7, 11) is 0. The smallest absolute Gasteiger partial charge is 0.328 e. The number of nitrogens with zero attached hydrogens (tertiary/aromatic N) is 2. The van der Waals surface area contributed by atoms with E-state index < -0.39 is 17.6 Å². The van der Waals surface area contributed by atoms with Crippen molar-refractivity contribution in [1.82, 2.24) is 9.55 Å². The Morgan fingerprint density at radius 3 is 2.47 bits per heavy atom. The van der Waals surface area contributed by atoms with Crippen LogP contribution in [0, 0.1) is 12.7 Å². The van der Waals surface area contributed by atoms with Crippen LogP contribution in [-0.4, -0.2) is 9.55 Å². The van der Waals surface area contributed by atoms with E-state index in [-0.39, 0.29) is 5.52 Å². The molecule has 0 fully saturated rings. The fraction of sp³-hybridized carbons (Fsp3) is 0.364. The van der Waals surface area contributed by atoms with Gasteiger partial charge in [-0.25, -0.2) is 9.37 Å². The second kappa shape index (κ2) is 3.72. The highest BCUT2D eigenvalue weighted by Gasteiger charge is 2.34. The van der Waals surface area contributed by atoms with Crippen molar-refractivity contribution in [2.24, 2.45) is 0 Å². The van der Waals surface area contributed by atoms with Crippen molar-refractivity contribution >= 4 is 11.0 Å². The van der Waals surface area contributed by atoms with Gasteiger partial charge in [-0.05, 0) is 19.9 Å². The van der Waals surface area contributed by atoms with Crippen LogP contribution >= 0.6 is 0 Å². The highest BCUT2D eigenvalue weighted by molar-refractivity contribution is 5.77. The summed E-state index contributed by atoms with van der Waals surface area (Å²) < 4.78 is 52.5. The molecule has 0 aliphatic heterocycles. The van der Waals surface area contributed by atoms with Gasteiger partial charge in [0.05, 0.1) is 16.6 Å². The molecule has 0 saturated carbocycles. The second-order valence-corrected chi connectivity index (χ2v) is 3.72. The van der Waals surface area contributed by atoms with Crippen molar-refractivity contribution in [2.75, 3.05) is 0 Å². The molecule has 17 heavy (non-hydrogen) atoms. The molecule has 1 heterocycles. The van der Waals surface area contributed by atoms with Crippen LogP contribution in [0.1, 0.15) is 18.3 Å². The summed E-state index contributed by atoms with van der Waals surface area (Å²) in [6, 6.07) is 1.64. The van der Waals surface area contributed by atoms with Crippen molar-refractivity contribution in [1.29, 1.82) is 0 Å². The highest BCUT2D eigenvalue weighted by atomic mass is 19.4. The Kier molecular flexibility index (Phi) is 2.60. The Balaban J connectivity index is 2.75. The first-order valence-electron chi connectivity index (χ1n) is 5.08. The van der Waals surface area contributed by atoms with Gasteiger partial charge in [0, 0.05) is 12.6 Å². The lowest BCUT2D eigenvalue weighted by atomic mass is 10.2. The molecule has 0 bridgehead atoms. The Labute approximate surface area is 94.9 Å². The summed E-state index contributed by atoms with van der Waals surface area (Å²) in [6.45, 7) is 4.03. The van der Waals surface area contributed by atoms with Crippen LogP contribution in [0.25, 0.3) is 11.0 Å². The number of fused-ring (bicyclic) bond motifs is 1. The number of aromatic nitrogens is 2. The van der Waals surface area contributed by atoms with Gasteiger partial charge in [0.15, 0.2) is 0 Å². The Bertz CT molecular complexity index is 569. The Morgan fingerprint density at radius 1 is 1.29 bits per heavy atom. The fourth-order valence-corrected chi connectivity index (χ4v) is 1.88. The van der Waals surface area contributed by atoms with Crippen LogP contribution in [0.2, 0.25) is 0 Å². The van der Waals surface area contributed by atoms with E-state index >= 15 is 0 Å². The molecule has 0 atom stereocenters. The normalized spacial score (nSPS) is 12.4. The first-order chi connectivity index (χ1) is 7.84. The molecule has 0 spiro atoms. The predicted molar refractivity (Wildman–Crippen MR) is 55.1 cm³/mol. The molecule has 0 aliphatic carbocycles. The van der Waals surface area contributed by atoms with E-state index in [0.29, 0.717) is 17.9 Å². The maximum Gasteiger partial charge on any atom is 0.419 e. The third-order valence-electron chi connectivity index (χ3n) is 2.65. The third kappa shape index (κ3) is 1.87. The van der Waals surface area contributed by atoms with Gasteiger partial charge in [0.2, 0.25) is 0 Å². The van der Waals surface area contributed by atoms with Gasteiger partial charge in [-0.15, -0.1) is 0 Å². The number of rotatable bonds is 1. The highest BCUT2D eigenvalue weighted by Crippen LogP contribution is 2.33. The number of hydrogen-bond acceptors (Lipinski definition) is 1. The topological polar surface area (TPSA) is 17.8 Å². The molecule has 0 aliphatic rings. The molecular formula is C11H10F4N2. The van der Waals surface area contributed by atoms with E-state index in [9.17, 15) is 17.6 Å². The average molecular weight is 246 g/mol. The van der Waals surface area contributed by atoms with E-state index in [1.54, 1.807) is 11.5 Å². The van der Waals surface area contributed by atoms with Crippen LogP contribution in [0.4, 0.5) is 17.6 Å². The lowest BCUT2D eigenvalue weighted by Crippen LogP contribution is -2.08. The van der Waals surface area contributed by atoms with Crippen molar-refractivity contribution in [3.05, 3.63) is 29.3 Å². The number of hydrogen-bond donors (Lipinski definition) is 0. The molecular weight excluding hydrogens is 236 g/mol.